The van der Waals surface area contributed by atoms with E-state index in [1.165, 1.54) is 0 Å². The molecule has 1 N–H and O–H groups in total. The molecule has 1 aromatic heterocycles. The topological polar surface area (TPSA) is 45.8 Å². The molecule has 104 valence electrons. The van der Waals surface area contributed by atoms with Gasteiger partial charge in [-0.1, -0.05) is 67.6 Å². The zero-order valence-electron chi connectivity index (χ0n) is 11.8. The van der Waals surface area contributed by atoms with Gasteiger partial charge in [0.05, 0.1) is 11.4 Å². The molecule has 2 aromatic carbocycles. The number of aryl methyl sites for hydroxylation is 1. The number of nitrogens with one attached hydrogen (secondary N) is 1. The molecule has 0 radical (unpaired) electrons. The summed E-state index contributed by atoms with van der Waals surface area (Å²) < 4.78 is 0. The molecule has 0 atom stereocenters. The van der Waals surface area contributed by atoms with Crippen molar-refractivity contribution < 1.29 is 0 Å². The predicted octanol–water partition coefficient (Wildman–Crippen LogP) is 3.67. The van der Waals surface area contributed by atoms with Crippen molar-refractivity contribution in [3.8, 4) is 22.5 Å². The minimum Gasteiger partial charge on any atom is -0.318 e. The average Bonchev–Trinajstić information content (AvgIpc) is 2.56. The lowest BCUT2D eigenvalue weighted by atomic mass is 10.1. The Balaban J connectivity index is 2.18. The van der Waals surface area contributed by atoms with Crippen molar-refractivity contribution in [2.75, 3.05) is 0 Å². The Labute approximate surface area is 123 Å². The molecule has 3 nitrogen and oxygen atoms in total. The smallest absolute Gasteiger partial charge is 0.274 e. The van der Waals surface area contributed by atoms with E-state index in [0.717, 1.165) is 28.9 Å². The molecule has 3 aromatic rings. The molecular formula is C18H16N2O. The third kappa shape index (κ3) is 2.63. The van der Waals surface area contributed by atoms with E-state index in [-0.39, 0.29) is 5.56 Å². The van der Waals surface area contributed by atoms with E-state index in [2.05, 4.69) is 9.97 Å². The van der Waals surface area contributed by atoms with Crippen LogP contribution in [0, 0.1) is 0 Å². The Morgan fingerprint density at radius 3 is 2.05 bits per heavy atom. The zero-order valence-corrected chi connectivity index (χ0v) is 11.8. The average molecular weight is 276 g/mol. The van der Waals surface area contributed by atoms with Crippen LogP contribution in [0.25, 0.3) is 22.5 Å². The number of rotatable bonds is 3. The van der Waals surface area contributed by atoms with Crippen molar-refractivity contribution in [1.82, 2.24) is 9.97 Å². The molecule has 0 bridgehead atoms. The van der Waals surface area contributed by atoms with E-state index in [0.29, 0.717) is 5.69 Å². The quantitative estimate of drug-likeness (QED) is 0.793. The van der Waals surface area contributed by atoms with Gasteiger partial charge in [0.15, 0.2) is 0 Å². The number of aromatic nitrogens is 2. The molecule has 3 heteroatoms. The summed E-state index contributed by atoms with van der Waals surface area (Å²) in [6.45, 7) is 2.04. The largest absolute Gasteiger partial charge is 0.318 e. The fraction of sp³-hybridized carbons (Fsp3) is 0.111. The monoisotopic (exact) mass is 276 g/mol. The van der Waals surface area contributed by atoms with Crippen molar-refractivity contribution in [3.05, 3.63) is 76.7 Å². The van der Waals surface area contributed by atoms with E-state index in [1.54, 1.807) is 0 Å². The third-order valence-electron chi connectivity index (χ3n) is 3.43. The van der Waals surface area contributed by atoms with Crippen LogP contribution in [0.15, 0.2) is 65.5 Å². The highest BCUT2D eigenvalue weighted by Crippen LogP contribution is 2.21. The zero-order chi connectivity index (χ0) is 14.7. The molecule has 1 heterocycles. The molecule has 0 aliphatic rings. The van der Waals surface area contributed by atoms with Gasteiger partial charge in [-0.15, -0.1) is 0 Å². The Hall–Kier alpha value is -2.68. The van der Waals surface area contributed by atoms with E-state index >= 15 is 0 Å². The summed E-state index contributed by atoms with van der Waals surface area (Å²) in [5.41, 5.74) is 3.86. The normalized spacial score (nSPS) is 10.5. The molecule has 0 unspecified atom stereocenters. The molecule has 0 fully saturated rings. The van der Waals surface area contributed by atoms with Gasteiger partial charge in [0.1, 0.15) is 5.69 Å². The number of H-pyrrole nitrogens is 1. The molecule has 0 amide bonds. The van der Waals surface area contributed by atoms with Crippen molar-refractivity contribution in [2.45, 2.75) is 13.3 Å². The maximum Gasteiger partial charge on any atom is 0.274 e. The second-order valence-electron chi connectivity index (χ2n) is 4.82. The van der Waals surface area contributed by atoms with Gasteiger partial charge in [0, 0.05) is 5.56 Å². The summed E-state index contributed by atoms with van der Waals surface area (Å²) in [5.74, 6) is 0. The lowest BCUT2D eigenvalue weighted by Gasteiger charge is -2.09. The van der Waals surface area contributed by atoms with E-state index in [1.807, 2.05) is 67.6 Å². The summed E-state index contributed by atoms with van der Waals surface area (Å²) in [4.78, 5) is 19.9. The molecule has 3 rings (SSSR count). The molecule has 21 heavy (non-hydrogen) atoms. The maximum absolute atomic E-state index is 12.4. The second kappa shape index (κ2) is 5.75. The van der Waals surface area contributed by atoms with Crippen LogP contribution in [-0.4, -0.2) is 9.97 Å². The van der Waals surface area contributed by atoms with Gasteiger partial charge >= 0.3 is 0 Å². The molecule has 0 aliphatic heterocycles. The van der Waals surface area contributed by atoms with Crippen molar-refractivity contribution in [3.63, 3.8) is 0 Å². The fourth-order valence-corrected chi connectivity index (χ4v) is 2.38. The summed E-state index contributed by atoms with van der Waals surface area (Å²) in [6, 6.07) is 19.4. The lowest BCUT2D eigenvalue weighted by molar-refractivity contribution is 0.993. The lowest BCUT2D eigenvalue weighted by Crippen LogP contribution is -2.15. The van der Waals surface area contributed by atoms with Gasteiger partial charge in [0.25, 0.3) is 5.56 Å². The summed E-state index contributed by atoms with van der Waals surface area (Å²) in [6.07, 6.45) is 0.765. The van der Waals surface area contributed by atoms with Crippen LogP contribution in [-0.2, 0) is 6.42 Å². The highest BCUT2D eigenvalue weighted by Gasteiger charge is 2.12. The first-order valence-corrected chi connectivity index (χ1v) is 7.03. The number of aromatic amines is 1. The number of hydrogen-bond acceptors (Lipinski definition) is 2. The standard InChI is InChI=1S/C18H16N2O/c1-2-15-16(13-9-5-3-6-10-13)20-18(21)17(19-15)14-11-7-4-8-12-14/h3-12H,2H2,1H3,(H,20,21). The first-order valence-electron chi connectivity index (χ1n) is 7.03. The highest BCUT2D eigenvalue weighted by atomic mass is 16.1. The third-order valence-corrected chi connectivity index (χ3v) is 3.43. The minimum atomic E-state index is -0.155. The highest BCUT2D eigenvalue weighted by molar-refractivity contribution is 5.65. The van der Waals surface area contributed by atoms with Gasteiger partial charge in [-0.05, 0) is 12.0 Å². The van der Waals surface area contributed by atoms with Crippen LogP contribution in [0.1, 0.15) is 12.6 Å². The van der Waals surface area contributed by atoms with E-state index in [4.69, 9.17) is 0 Å². The predicted molar refractivity (Wildman–Crippen MR) is 85.1 cm³/mol. The van der Waals surface area contributed by atoms with Gasteiger partial charge < -0.3 is 4.98 Å². The van der Waals surface area contributed by atoms with Crippen LogP contribution < -0.4 is 5.56 Å². The van der Waals surface area contributed by atoms with Crippen LogP contribution in [0.4, 0.5) is 0 Å². The molecule has 0 saturated carbocycles. The molecule has 0 aliphatic carbocycles. The van der Waals surface area contributed by atoms with Crippen LogP contribution in [0.2, 0.25) is 0 Å². The summed E-state index contributed by atoms with van der Waals surface area (Å²) in [7, 11) is 0. The Bertz CT molecular complexity index is 792. The molecule has 0 saturated heterocycles. The minimum absolute atomic E-state index is 0.155. The van der Waals surface area contributed by atoms with Gasteiger partial charge in [-0.3, -0.25) is 4.79 Å². The molecule has 0 spiro atoms. The van der Waals surface area contributed by atoms with Crippen LogP contribution >= 0.6 is 0 Å². The fourth-order valence-electron chi connectivity index (χ4n) is 2.38. The Kier molecular flexibility index (Phi) is 3.65. The Morgan fingerprint density at radius 2 is 1.48 bits per heavy atom. The van der Waals surface area contributed by atoms with Crippen molar-refractivity contribution in [1.29, 1.82) is 0 Å². The maximum atomic E-state index is 12.4. The van der Waals surface area contributed by atoms with Gasteiger partial charge in [-0.2, -0.15) is 0 Å². The van der Waals surface area contributed by atoms with Gasteiger partial charge in [0.2, 0.25) is 0 Å². The number of benzene rings is 2. The second-order valence-corrected chi connectivity index (χ2v) is 4.82. The van der Waals surface area contributed by atoms with Crippen LogP contribution in [0.5, 0.6) is 0 Å². The first kappa shape index (κ1) is 13.3. The number of hydrogen-bond donors (Lipinski definition) is 1. The van der Waals surface area contributed by atoms with Crippen LogP contribution in [0.3, 0.4) is 0 Å². The van der Waals surface area contributed by atoms with E-state index in [9.17, 15) is 4.79 Å². The summed E-state index contributed by atoms with van der Waals surface area (Å²) >= 11 is 0. The number of nitrogens with zero attached hydrogens (tertiary/aromatic N) is 1. The Morgan fingerprint density at radius 1 is 0.905 bits per heavy atom. The van der Waals surface area contributed by atoms with Crippen molar-refractivity contribution >= 4 is 0 Å². The SMILES string of the molecule is CCc1nc(-c2ccccc2)c(=O)[nH]c1-c1ccccc1. The molecular weight excluding hydrogens is 260 g/mol. The van der Waals surface area contributed by atoms with Gasteiger partial charge in [-0.25, -0.2) is 4.98 Å². The first-order chi connectivity index (χ1) is 10.3. The van der Waals surface area contributed by atoms with Crippen molar-refractivity contribution in [2.24, 2.45) is 0 Å². The van der Waals surface area contributed by atoms with E-state index < -0.39 is 0 Å². The summed E-state index contributed by atoms with van der Waals surface area (Å²) in [5, 5.41) is 0.